The van der Waals surface area contributed by atoms with Gasteiger partial charge in [-0.1, -0.05) is 55.5 Å². The molecular formula is C31H38F6N4O3. The summed E-state index contributed by atoms with van der Waals surface area (Å²) < 4.78 is 97.1. The fraction of sp³-hybridized carbons (Fsp3) is 0.516. The Morgan fingerprint density at radius 3 is 2.02 bits per heavy atom. The number of hydrogen-bond acceptors (Lipinski definition) is 6. The average molecular weight is 629 g/mol. The summed E-state index contributed by atoms with van der Waals surface area (Å²) in [6.45, 7) is 7.04. The van der Waals surface area contributed by atoms with Crippen molar-refractivity contribution >= 4 is 6.08 Å². The number of aromatic nitrogens is 4. The van der Waals surface area contributed by atoms with E-state index in [1.807, 2.05) is 39.0 Å². The lowest BCUT2D eigenvalue weighted by Crippen LogP contribution is -2.57. The van der Waals surface area contributed by atoms with E-state index < -0.39 is 30.2 Å². The van der Waals surface area contributed by atoms with Gasteiger partial charge in [-0.3, -0.25) is 0 Å². The van der Waals surface area contributed by atoms with E-state index in [2.05, 4.69) is 36.2 Å². The monoisotopic (exact) mass is 628 g/mol. The summed E-state index contributed by atoms with van der Waals surface area (Å²) in [5.74, 6) is 1.42. The van der Waals surface area contributed by atoms with Crippen LogP contribution in [0.4, 0.5) is 26.3 Å². The number of hydrogen-bond donors (Lipinski definition) is 1. The zero-order valence-electron chi connectivity index (χ0n) is 25.4. The first-order chi connectivity index (χ1) is 20.7. The van der Waals surface area contributed by atoms with Crippen molar-refractivity contribution in [3.63, 3.8) is 0 Å². The van der Waals surface area contributed by atoms with Crippen LogP contribution >= 0.6 is 0 Å². The molecule has 1 heterocycles. The van der Waals surface area contributed by atoms with Gasteiger partial charge >= 0.3 is 12.4 Å². The Labute approximate surface area is 253 Å². The zero-order valence-corrected chi connectivity index (χ0v) is 25.4. The molecule has 0 atom stereocenters. The van der Waals surface area contributed by atoms with Gasteiger partial charge in [0.1, 0.15) is 12.5 Å². The Kier molecular flexibility index (Phi) is 11.6. The molecule has 242 valence electrons. The van der Waals surface area contributed by atoms with Crippen LogP contribution in [-0.4, -0.2) is 59.1 Å². The van der Waals surface area contributed by atoms with Crippen LogP contribution in [0.5, 0.6) is 5.75 Å². The highest BCUT2D eigenvalue weighted by atomic mass is 19.4. The van der Waals surface area contributed by atoms with Gasteiger partial charge in [-0.2, -0.15) is 31.6 Å². The maximum atomic E-state index is 13.7. The molecule has 13 heteroatoms. The van der Waals surface area contributed by atoms with Crippen LogP contribution in [0.3, 0.4) is 0 Å². The Morgan fingerprint density at radius 1 is 0.864 bits per heavy atom. The van der Waals surface area contributed by atoms with Crippen molar-refractivity contribution < 1.29 is 40.6 Å². The van der Waals surface area contributed by atoms with Crippen LogP contribution in [0.25, 0.3) is 6.08 Å². The standard InChI is InChI=1S/C31H38F6N4O3/c1-6-28(7-2,25-13-14-26(22(4)19-25)43-17-9-8-10-27-38-40-41-39-27)24-12-11-23(21(3)18-24)15-16-29(30(32,33)34,31(35,36)37)44-20-42-5/h11-16,18-19H,6-10,17,20H2,1-5H3,(H,38,39,40,41). The first-order valence-electron chi connectivity index (χ1n) is 14.3. The SMILES string of the molecule is CCC(CC)(c1ccc(C=CC(OCOC)(C(F)(F)F)C(F)(F)F)c(C)c1)c1ccc(OCCCCc2nn[nH]n2)c(C)c1. The summed E-state index contributed by atoms with van der Waals surface area (Å²) in [4.78, 5) is 0. The molecular weight excluding hydrogens is 590 g/mol. The summed E-state index contributed by atoms with van der Waals surface area (Å²) in [5, 5.41) is 13.8. The number of benzene rings is 2. The van der Waals surface area contributed by atoms with E-state index in [-0.39, 0.29) is 11.6 Å². The van der Waals surface area contributed by atoms with Crippen molar-refractivity contribution in [1.29, 1.82) is 0 Å². The molecule has 0 saturated carbocycles. The molecule has 3 aromatic rings. The van der Waals surface area contributed by atoms with Gasteiger partial charge in [-0.15, -0.1) is 10.2 Å². The highest BCUT2D eigenvalue weighted by Gasteiger charge is 2.71. The third kappa shape index (κ3) is 7.60. The molecule has 0 amide bonds. The van der Waals surface area contributed by atoms with Crippen LogP contribution < -0.4 is 4.74 Å². The van der Waals surface area contributed by atoms with Crippen molar-refractivity contribution in [2.45, 2.75) is 83.2 Å². The number of alkyl halides is 6. The summed E-state index contributed by atoms with van der Waals surface area (Å²) >= 11 is 0. The molecule has 0 bridgehead atoms. The number of nitrogens with one attached hydrogen (secondary N) is 1. The Balaban J connectivity index is 1.84. The molecule has 1 N–H and O–H groups in total. The third-order valence-corrected chi connectivity index (χ3v) is 7.94. The quantitative estimate of drug-likeness (QED) is 0.105. The van der Waals surface area contributed by atoms with Gasteiger partial charge in [0, 0.05) is 18.9 Å². The summed E-state index contributed by atoms with van der Waals surface area (Å²) in [5.41, 5.74) is -1.35. The Morgan fingerprint density at radius 2 is 1.50 bits per heavy atom. The van der Waals surface area contributed by atoms with Crippen LogP contribution in [0.1, 0.15) is 73.2 Å². The number of tetrazole rings is 1. The molecule has 0 aliphatic rings. The molecule has 3 rings (SSSR count). The predicted molar refractivity (Wildman–Crippen MR) is 153 cm³/mol. The van der Waals surface area contributed by atoms with Crippen LogP contribution in [0, 0.1) is 13.8 Å². The fourth-order valence-electron chi connectivity index (χ4n) is 5.28. The molecule has 44 heavy (non-hydrogen) atoms. The maximum absolute atomic E-state index is 13.7. The second kappa shape index (κ2) is 14.6. The smallest absolute Gasteiger partial charge is 0.430 e. The Hall–Kier alpha value is -3.45. The van der Waals surface area contributed by atoms with Crippen molar-refractivity contribution in [2.24, 2.45) is 0 Å². The first kappa shape index (κ1) is 35.0. The number of aromatic amines is 1. The van der Waals surface area contributed by atoms with Gasteiger partial charge < -0.3 is 14.2 Å². The number of nitrogens with zero attached hydrogens (tertiary/aromatic N) is 3. The molecule has 2 aromatic carbocycles. The molecule has 0 saturated heterocycles. The summed E-state index contributed by atoms with van der Waals surface area (Å²) in [7, 11) is 0.946. The molecule has 1 aromatic heterocycles. The molecule has 0 aliphatic heterocycles. The number of H-pyrrole nitrogens is 1. The minimum absolute atomic E-state index is 0.00820. The number of aryl methyl sites for hydroxylation is 3. The average Bonchev–Trinajstić information content (AvgIpc) is 3.48. The fourth-order valence-corrected chi connectivity index (χ4v) is 5.28. The minimum Gasteiger partial charge on any atom is -0.493 e. The predicted octanol–water partition coefficient (Wildman–Crippen LogP) is 7.82. The van der Waals surface area contributed by atoms with Gasteiger partial charge in [0.15, 0.2) is 5.82 Å². The third-order valence-electron chi connectivity index (χ3n) is 7.94. The normalized spacial score (nSPS) is 13.2. The largest absolute Gasteiger partial charge is 0.493 e. The van der Waals surface area contributed by atoms with Crippen molar-refractivity contribution in [3.8, 4) is 5.75 Å². The van der Waals surface area contributed by atoms with Gasteiger partial charge in [-0.25, -0.2) is 0 Å². The Bertz CT molecular complexity index is 1360. The number of methoxy groups -OCH3 is 1. The highest BCUT2D eigenvalue weighted by Crippen LogP contribution is 2.47. The van der Waals surface area contributed by atoms with Crippen LogP contribution in [0.2, 0.25) is 0 Å². The van der Waals surface area contributed by atoms with Crippen LogP contribution in [0.15, 0.2) is 42.5 Å². The van der Waals surface area contributed by atoms with Gasteiger partial charge in [0.05, 0.1) is 6.61 Å². The molecule has 0 aliphatic carbocycles. The zero-order chi connectivity index (χ0) is 32.6. The van der Waals surface area contributed by atoms with E-state index in [0.717, 1.165) is 48.5 Å². The van der Waals surface area contributed by atoms with E-state index in [9.17, 15) is 26.3 Å². The number of ether oxygens (including phenoxy) is 3. The van der Waals surface area contributed by atoms with Gasteiger partial charge in [0.25, 0.3) is 5.60 Å². The van der Waals surface area contributed by atoms with Crippen molar-refractivity contribution in [2.75, 3.05) is 20.5 Å². The highest BCUT2D eigenvalue weighted by molar-refractivity contribution is 5.57. The van der Waals surface area contributed by atoms with E-state index in [0.29, 0.717) is 37.3 Å². The topological polar surface area (TPSA) is 82.1 Å². The minimum atomic E-state index is -5.77. The second-order valence-electron chi connectivity index (χ2n) is 10.6. The van der Waals surface area contributed by atoms with Gasteiger partial charge in [-0.05, 0) is 79.5 Å². The molecule has 0 radical (unpaired) electrons. The lowest BCUT2D eigenvalue weighted by Gasteiger charge is -2.35. The molecule has 0 spiro atoms. The second-order valence-corrected chi connectivity index (χ2v) is 10.6. The van der Waals surface area contributed by atoms with E-state index in [4.69, 9.17) is 4.74 Å². The van der Waals surface area contributed by atoms with Gasteiger partial charge in [0.2, 0.25) is 0 Å². The van der Waals surface area contributed by atoms with E-state index >= 15 is 0 Å². The number of unbranched alkanes of at least 4 members (excludes halogenated alkanes) is 1. The van der Waals surface area contributed by atoms with Crippen molar-refractivity contribution in [1.82, 2.24) is 20.6 Å². The molecule has 0 unspecified atom stereocenters. The van der Waals surface area contributed by atoms with Crippen molar-refractivity contribution in [3.05, 3.63) is 76.1 Å². The number of halogens is 6. The maximum Gasteiger partial charge on any atom is 0.430 e. The first-order valence-corrected chi connectivity index (χ1v) is 14.3. The number of rotatable bonds is 15. The lowest BCUT2D eigenvalue weighted by atomic mass is 9.70. The van der Waals surface area contributed by atoms with E-state index in [1.54, 1.807) is 13.0 Å². The summed E-state index contributed by atoms with van der Waals surface area (Å²) in [6.07, 6.45) is -6.93. The summed E-state index contributed by atoms with van der Waals surface area (Å²) in [6, 6.07) is 11.1. The molecule has 0 fully saturated rings. The van der Waals surface area contributed by atoms with Crippen LogP contribution in [-0.2, 0) is 21.3 Å². The molecule has 7 nitrogen and oxygen atoms in total. The lowest BCUT2D eigenvalue weighted by molar-refractivity contribution is -0.372. The van der Waals surface area contributed by atoms with E-state index in [1.165, 1.54) is 6.07 Å².